The molecule has 0 saturated carbocycles. The van der Waals surface area contributed by atoms with Gasteiger partial charge >= 0.3 is 12.1 Å². The highest BCUT2D eigenvalue weighted by atomic mass is 19.4. The smallest absolute Gasteiger partial charge is 0.416 e. The van der Waals surface area contributed by atoms with Crippen LogP contribution in [0.1, 0.15) is 38.7 Å². The number of ether oxygens (including phenoxy) is 1. The molecule has 4 unspecified atom stereocenters. The predicted molar refractivity (Wildman–Crippen MR) is 120 cm³/mol. The number of piperazine rings is 1. The first-order chi connectivity index (χ1) is 15.6. The highest BCUT2D eigenvalue weighted by Gasteiger charge is 2.52. The Hall–Kier alpha value is -2.28. The number of benzene rings is 1. The Kier molecular flexibility index (Phi) is 5.58. The van der Waals surface area contributed by atoms with Crippen molar-refractivity contribution in [3.8, 4) is 0 Å². The third kappa shape index (κ3) is 4.20. The summed E-state index contributed by atoms with van der Waals surface area (Å²) in [7, 11) is 0. The summed E-state index contributed by atoms with van der Waals surface area (Å²) in [4.78, 5) is 16.2. The molecular formula is C26H32F3N2O2+. The molecule has 0 radical (unpaired) electrons. The standard InChI is InChI=1S/C26H31F3N2O2/c1-17-5-4-8-25(2)15-23-20(14-22(17)25)21(24(32)33-23)16-30-9-11-31(12-10-30)19-7-3-6-18(13-19)26(27,28)29/h3,5-7,13-14,20-21,23H,4,8-12,15-16H2,1-2H3/p+1. The Bertz CT molecular complexity index is 993. The first-order valence-electron chi connectivity index (χ1n) is 12.0. The number of hydrogen-bond donors (Lipinski definition) is 1. The minimum atomic E-state index is -4.33. The summed E-state index contributed by atoms with van der Waals surface area (Å²) in [5.41, 5.74) is 2.82. The molecule has 178 valence electrons. The van der Waals surface area contributed by atoms with Crippen LogP contribution in [0, 0.1) is 17.3 Å². The normalized spacial score (nSPS) is 32.6. The molecule has 2 aliphatic heterocycles. The van der Waals surface area contributed by atoms with Crippen molar-refractivity contribution < 1.29 is 27.6 Å². The fourth-order valence-electron chi connectivity index (χ4n) is 6.34. The number of carbonyl (C=O) groups excluding carboxylic acids is 1. The van der Waals surface area contributed by atoms with E-state index in [0.29, 0.717) is 18.8 Å². The van der Waals surface area contributed by atoms with Crippen LogP contribution in [0.25, 0.3) is 0 Å². The van der Waals surface area contributed by atoms with Gasteiger partial charge in [-0.05, 0) is 55.4 Å². The number of anilines is 1. The second-order valence-corrected chi connectivity index (χ2v) is 10.4. The summed E-state index contributed by atoms with van der Waals surface area (Å²) >= 11 is 0. The Labute approximate surface area is 193 Å². The quantitative estimate of drug-likeness (QED) is 0.698. The highest BCUT2D eigenvalue weighted by Crippen LogP contribution is 2.52. The van der Waals surface area contributed by atoms with Gasteiger partial charge in [-0.3, -0.25) is 4.79 Å². The maximum atomic E-state index is 13.1. The van der Waals surface area contributed by atoms with E-state index in [1.807, 2.05) is 4.90 Å². The summed E-state index contributed by atoms with van der Waals surface area (Å²) in [6, 6.07) is 5.55. The van der Waals surface area contributed by atoms with E-state index in [0.717, 1.165) is 45.0 Å². The summed E-state index contributed by atoms with van der Waals surface area (Å²) in [5, 5.41) is 0. The van der Waals surface area contributed by atoms with Crippen molar-refractivity contribution in [1.82, 2.24) is 0 Å². The molecule has 4 atom stereocenters. The van der Waals surface area contributed by atoms with E-state index in [2.05, 4.69) is 26.0 Å². The molecule has 0 bridgehead atoms. The average molecular weight is 462 g/mol. The molecule has 2 aliphatic carbocycles. The Morgan fingerprint density at radius 1 is 1.24 bits per heavy atom. The molecule has 0 amide bonds. The van der Waals surface area contributed by atoms with Gasteiger partial charge in [0.2, 0.25) is 0 Å². The molecule has 1 N–H and O–H groups in total. The number of rotatable bonds is 3. The third-order valence-electron chi connectivity index (χ3n) is 8.21. The van der Waals surface area contributed by atoms with Crippen molar-refractivity contribution in [3.05, 3.63) is 53.1 Å². The summed E-state index contributed by atoms with van der Waals surface area (Å²) in [6.07, 6.45) is 3.34. The van der Waals surface area contributed by atoms with Crippen LogP contribution in [0.5, 0.6) is 0 Å². The SMILES string of the molecule is CC1=CCCC2(C)CC3OC(=O)C(C[NH+]4CCN(c5cccc(C(F)(F)F)c5)CC4)C3C=C12. The molecule has 4 nitrogen and oxygen atoms in total. The van der Waals surface area contributed by atoms with E-state index in [9.17, 15) is 18.0 Å². The lowest BCUT2D eigenvalue weighted by atomic mass is 9.62. The fraction of sp³-hybridized carbons (Fsp3) is 0.577. The minimum Gasteiger partial charge on any atom is -0.461 e. The Morgan fingerprint density at radius 2 is 2.00 bits per heavy atom. The van der Waals surface area contributed by atoms with Crippen LogP contribution in [0.4, 0.5) is 18.9 Å². The van der Waals surface area contributed by atoms with E-state index in [-0.39, 0.29) is 29.3 Å². The highest BCUT2D eigenvalue weighted by molar-refractivity contribution is 5.76. The van der Waals surface area contributed by atoms with Crippen molar-refractivity contribution >= 4 is 11.7 Å². The van der Waals surface area contributed by atoms with Gasteiger partial charge in [-0.1, -0.05) is 30.7 Å². The number of nitrogens with one attached hydrogen (secondary N) is 1. The van der Waals surface area contributed by atoms with Crippen LogP contribution in [0.2, 0.25) is 0 Å². The van der Waals surface area contributed by atoms with Gasteiger partial charge in [0.25, 0.3) is 0 Å². The lowest BCUT2D eigenvalue weighted by Gasteiger charge is -2.43. The van der Waals surface area contributed by atoms with Crippen LogP contribution in [0.3, 0.4) is 0 Å². The van der Waals surface area contributed by atoms with Gasteiger partial charge in [0.15, 0.2) is 0 Å². The number of allylic oxidation sites excluding steroid dienone is 3. The van der Waals surface area contributed by atoms with Gasteiger partial charge in [0.05, 0.1) is 38.3 Å². The molecule has 0 spiro atoms. The van der Waals surface area contributed by atoms with E-state index in [4.69, 9.17) is 4.74 Å². The number of halogens is 3. The molecule has 5 rings (SSSR count). The monoisotopic (exact) mass is 461 g/mol. The number of hydrogen-bond acceptors (Lipinski definition) is 3. The number of quaternary nitrogens is 1. The second-order valence-electron chi connectivity index (χ2n) is 10.4. The number of esters is 1. The average Bonchev–Trinajstić information content (AvgIpc) is 3.06. The molecule has 2 saturated heterocycles. The molecule has 1 aromatic rings. The minimum absolute atomic E-state index is 0.0343. The number of carbonyl (C=O) groups is 1. The van der Waals surface area contributed by atoms with Crippen LogP contribution in [-0.4, -0.2) is 44.8 Å². The van der Waals surface area contributed by atoms with E-state index in [1.165, 1.54) is 28.2 Å². The Morgan fingerprint density at radius 3 is 2.73 bits per heavy atom. The van der Waals surface area contributed by atoms with Crippen LogP contribution in [-0.2, 0) is 15.7 Å². The van der Waals surface area contributed by atoms with Crippen LogP contribution in [0.15, 0.2) is 47.6 Å². The van der Waals surface area contributed by atoms with E-state index < -0.39 is 11.7 Å². The van der Waals surface area contributed by atoms with Crippen LogP contribution < -0.4 is 9.80 Å². The number of nitrogens with zero attached hydrogens (tertiary/aromatic N) is 1. The van der Waals surface area contributed by atoms with Crippen molar-refractivity contribution in [2.75, 3.05) is 37.6 Å². The molecule has 2 heterocycles. The first kappa shape index (κ1) is 22.5. The molecule has 33 heavy (non-hydrogen) atoms. The zero-order chi connectivity index (χ0) is 23.4. The van der Waals surface area contributed by atoms with Crippen molar-refractivity contribution in [1.29, 1.82) is 0 Å². The van der Waals surface area contributed by atoms with E-state index in [1.54, 1.807) is 6.07 Å². The first-order valence-corrected chi connectivity index (χ1v) is 12.0. The predicted octanol–water partition coefficient (Wildman–Crippen LogP) is 3.64. The fourth-order valence-corrected chi connectivity index (χ4v) is 6.34. The zero-order valence-electron chi connectivity index (χ0n) is 19.3. The van der Waals surface area contributed by atoms with Gasteiger partial charge in [0, 0.05) is 11.6 Å². The number of fused-ring (bicyclic) bond motifs is 2. The van der Waals surface area contributed by atoms with Gasteiger partial charge in [0.1, 0.15) is 12.0 Å². The van der Waals surface area contributed by atoms with Gasteiger partial charge < -0.3 is 14.5 Å². The summed E-state index contributed by atoms with van der Waals surface area (Å²) in [6.45, 7) is 8.13. The second kappa shape index (κ2) is 8.19. The molecule has 4 aliphatic rings. The van der Waals surface area contributed by atoms with Crippen LogP contribution >= 0.6 is 0 Å². The van der Waals surface area contributed by atoms with Crippen molar-refractivity contribution in [3.63, 3.8) is 0 Å². The third-order valence-corrected chi connectivity index (χ3v) is 8.21. The zero-order valence-corrected chi connectivity index (χ0v) is 19.3. The number of alkyl halides is 3. The summed E-state index contributed by atoms with van der Waals surface area (Å²) < 4.78 is 45.1. The Balaban J connectivity index is 1.25. The maximum absolute atomic E-state index is 13.1. The molecular weight excluding hydrogens is 429 g/mol. The van der Waals surface area contributed by atoms with Gasteiger partial charge in [-0.2, -0.15) is 13.2 Å². The topological polar surface area (TPSA) is 34.0 Å². The maximum Gasteiger partial charge on any atom is 0.416 e. The molecule has 7 heteroatoms. The van der Waals surface area contributed by atoms with Crippen molar-refractivity contribution in [2.45, 2.75) is 45.4 Å². The van der Waals surface area contributed by atoms with E-state index >= 15 is 0 Å². The molecule has 0 aromatic heterocycles. The van der Waals surface area contributed by atoms with Crippen molar-refractivity contribution in [2.24, 2.45) is 17.3 Å². The summed E-state index contributed by atoms with van der Waals surface area (Å²) in [5.74, 6) is -0.105. The molecule has 2 fully saturated rings. The van der Waals surface area contributed by atoms with Gasteiger partial charge in [-0.15, -0.1) is 0 Å². The van der Waals surface area contributed by atoms with Gasteiger partial charge in [-0.25, -0.2) is 0 Å². The lowest BCUT2D eigenvalue weighted by Crippen LogP contribution is -3.15. The largest absolute Gasteiger partial charge is 0.461 e. The lowest BCUT2D eigenvalue weighted by molar-refractivity contribution is -0.903. The molecule has 1 aromatic carbocycles.